The molecule has 2 N–H and O–H groups in total. The van der Waals surface area contributed by atoms with Crippen molar-refractivity contribution in [2.45, 2.75) is 25.3 Å². The van der Waals surface area contributed by atoms with E-state index in [2.05, 4.69) is 15.6 Å². The van der Waals surface area contributed by atoms with Crippen molar-refractivity contribution in [1.29, 1.82) is 0 Å². The lowest BCUT2D eigenvalue weighted by molar-refractivity contribution is -0.134. The van der Waals surface area contributed by atoms with Crippen LogP contribution in [0.4, 0.5) is 9.93 Å². The number of nitrogens with one attached hydrogen (secondary N) is 2. The molecule has 31 heavy (non-hydrogen) atoms. The van der Waals surface area contributed by atoms with Gasteiger partial charge >= 0.3 is 6.03 Å². The van der Waals surface area contributed by atoms with Gasteiger partial charge in [-0.2, -0.15) is 0 Å². The Labute approximate surface area is 183 Å². The van der Waals surface area contributed by atoms with Crippen molar-refractivity contribution >= 4 is 34.3 Å². The number of fused-ring (bicyclic) bond motifs is 2. The van der Waals surface area contributed by atoms with Crippen molar-refractivity contribution in [2.75, 3.05) is 11.9 Å². The molecule has 8 heteroatoms. The highest BCUT2D eigenvalue weighted by molar-refractivity contribution is 7.14. The summed E-state index contributed by atoms with van der Waals surface area (Å²) in [5, 5.41) is 7.82. The van der Waals surface area contributed by atoms with Gasteiger partial charge in [0.05, 0.1) is 5.69 Å². The number of thiazole rings is 1. The molecule has 1 aliphatic carbocycles. The van der Waals surface area contributed by atoms with Gasteiger partial charge < -0.3 is 10.6 Å². The Kier molecular flexibility index (Phi) is 4.59. The highest BCUT2D eigenvalue weighted by atomic mass is 32.1. The number of hydrogen-bond donors (Lipinski definition) is 2. The number of imide groups is 1. The molecule has 5 rings (SSSR count). The Balaban J connectivity index is 1.29. The van der Waals surface area contributed by atoms with Crippen molar-refractivity contribution in [3.05, 3.63) is 70.6 Å². The molecule has 2 aromatic carbocycles. The van der Waals surface area contributed by atoms with E-state index in [1.807, 2.05) is 60.8 Å². The standard InChI is InChI=1S/C23H20N4O3S/c1-14-6-8-16(9-7-14)18-13-31-21(24-18)25-19(28)12-27-20(29)23(26-22(27)30)11-10-15-4-2-3-5-17(15)23/h2-9,13H,10-12H2,1H3,(H,26,30)(H,24,25,28). The lowest BCUT2D eigenvalue weighted by atomic mass is 9.92. The fourth-order valence-corrected chi connectivity index (χ4v) is 4.96. The quantitative estimate of drug-likeness (QED) is 0.618. The number of carbonyl (C=O) groups is 3. The number of anilines is 1. The number of amides is 4. The zero-order chi connectivity index (χ0) is 21.6. The monoisotopic (exact) mass is 432 g/mol. The maximum Gasteiger partial charge on any atom is 0.325 e. The second-order valence-corrected chi connectivity index (χ2v) is 8.69. The van der Waals surface area contributed by atoms with Crippen molar-refractivity contribution in [3.8, 4) is 11.3 Å². The van der Waals surface area contributed by atoms with Crippen LogP contribution in [0.5, 0.6) is 0 Å². The fraction of sp³-hybridized carbons (Fsp3) is 0.217. The van der Waals surface area contributed by atoms with Crippen LogP contribution in [0.1, 0.15) is 23.1 Å². The van der Waals surface area contributed by atoms with Crippen LogP contribution >= 0.6 is 11.3 Å². The van der Waals surface area contributed by atoms with Gasteiger partial charge in [-0.3, -0.25) is 14.5 Å². The van der Waals surface area contributed by atoms with Gasteiger partial charge in [0.1, 0.15) is 12.1 Å². The molecule has 1 aliphatic heterocycles. The minimum absolute atomic E-state index is 0.353. The number of nitrogens with zero attached hydrogens (tertiary/aromatic N) is 2. The molecular formula is C23H20N4O3S. The molecule has 1 fully saturated rings. The lowest BCUT2D eigenvalue weighted by Crippen LogP contribution is -2.42. The maximum atomic E-state index is 13.2. The van der Waals surface area contributed by atoms with E-state index in [0.717, 1.165) is 32.8 Å². The molecule has 0 bridgehead atoms. The van der Waals surface area contributed by atoms with Crippen LogP contribution in [-0.4, -0.2) is 34.3 Å². The summed E-state index contributed by atoms with van der Waals surface area (Å²) in [5.74, 6) is -0.839. The van der Waals surface area contributed by atoms with Crippen molar-refractivity contribution in [3.63, 3.8) is 0 Å². The van der Waals surface area contributed by atoms with Crippen LogP contribution < -0.4 is 10.6 Å². The second kappa shape index (κ2) is 7.31. The minimum atomic E-state index is -1.06. The molecule has 0 radical (unpaired) electrons. The number of aromatic nitrogens is 1. The van der Waals surface area contributed by atoms with Gasteiger partial charge in [-0.25, -0.2) is 9.78 Å². The normalized spacial score (nSPS) is 19.6. The average Bonchev–Trinajstić information content (AvgIpc) is 3.43. The Morgan fingerprint density at radius 3 is 2.77 bits per heavy atom. The number of urea groups is 1. The summed E-state index contributed by atoms with van der Waals surface area (Å²) >= 11 is 1.30. The van der Waals surface area contributed by atoms with Crippen molar-refractivity contribution in [1.82, 2.24) is 15.2 Å². The first-order chi connectivity index (χ1) is 15.0. The molecule has 2 aliphatic rings. The zero-order valence-electron chi connectivity index (χ0n) is 16.8. The molecular weight excluding hydrogens is 412 g/mol. The first-order valence-electron chi connectivity index (χ1n) is 10.0. The first kappa shape index (κ1) is 19.4. The first-order valence-corrected chi connectivity index (χ1v) is 10.9. The Morgan fingerprint density at radius 2 is 1.97 bits per heavy atom. The summed E-state index contributed by atoms with van der Waals surface area (Å²) in [6, 6.07) is 15.0. The van der Waals surface area contributed by atoms with E-state index in [1.54, 1.807) is 0 Å². The summed E-state index contributed by atoms with van der Waals surface area (Å²) in [6.45, 7) is 1.66. The molecule has 4 amide bonds. The van der Waals surface area contributed by atoms with Crippen LogP contribution in [0, 0.1) is 6.92 Å². The molecule has 1 aromatic heterocycles. The highest BCUT2D eigenvalue weighted by Gasteiger charge is 2.55. The van der Waals surface area contributed by atoms with Gasteiger partial charge in [0.2, 0.25) is 5.91 Å². The van der Waals surface area contributed by atoms with E-state index in [0.29, 0.717) is 18.0 Å². The number of benzene rings is 2. The number of carbonyl (C=O) groups excluding carboxylic acids is 3. The van der Waals surface area contributed by atoms with E-state index in [4.69, 9.17) is 0 Å². The van der Waals surface area contributed by atoms with E-state index in [-0.39, 0.29) is 12.5 Å². The fourth-order valence-electron chi connectivity index (χ4n) is 4.22. The highest BCUT2D eigenvalue weighted by Crippen LogP contribution is 2.41. The number of hydrogen-bond acceptors (Lipinski definition) is 5. The van der Waals surface area contributed by atoms with Crippen LogP contribution in [0.25, 0.3) is 11.3 Å². The molecule has 1 unspecified atom stereocenters. The van der Waals surface area contributed by atoms with Crippen LogP contribution in [0.3, 0.4) is 0 Å². The maximum absolute atomic E-state index is 13.2. The van der Waals surface area contributed by atoms with Gasteiger partial charge in [-0.05, 0) is 30.9 Å². The number of rotatable bonds is 4. The average molecular weight is 433 g/mol. The molecule has 2 heterocycles. The third-order valence-corrected chi connectivity index (χ3v) is 6.58. The lowest BCUT2D eigenvalue weighted by Gasteiger charge is -2.22. The molecule has 7 nitrogen and oxygen atoms in total. The van der Waals surface area contributed by atoms with E-state index < -0.39 is 17.5 Å². The van der Waals surface area contributed by atoms with E-state index in [1.165, 1.54) is 11.3 Å². The van der Waals surface area contributed by atoms with Crippen LogP contribution in [0.2, 0.25) is 0 Å². The predicted octanol–water partition coefficient (Wildman–Crippen LogP) is 3.45. The van der Waals surface area contributed by atoms with E-state index >= 15 is 0 Å². The van der Waals surface area contributed by atoms with Crippen LogP contribution in [-0.2, 0) is 21.5 Å². The largest absolute Gasteiger partial charge is 0.325 e. The minimum Gasteiger partial charge on any atom is -0.319 e. The molecule has 1 saturated heterocycles. The van der Waals surface area contributed by atoms with Crippen molar-refractivity contribution in [2.24, 2.45) is 0 Å². The van der Waals surface area contributed by atoms with Gasteiger partial charge in [0.25, 0.3) is 5.91 Å². The SMILES string of the molecule is Cc1ccc(-c2csc(NC(=O)CN3C(=O)NC4(CCc5ccccc54)C3=O)n2)cc1. The van der Waals surface area contributed by atoms with E-state index in [9.17, 15) is 14.4 Å². The second-order valence-electron chi connectivity index (χ2n) is 7.84. The molecule has 0 saturated carbocycles. The van der Waals surface area contributed by atoms with Gasteiger partial charge in [-0.15, -0.1) is 11.3 Å². The van der Waals surface area contributed by atoms with Gasteiger partial charge in [0.15, 0.2) is 5.13 Å². The Morgan fingerprint density at radius 1 is 1.19 bits per heavy atom. The smallest absolute Gasteiger partial charge is 0.319 e. The summed E-state index contributed by atoms with van der Waals surface area (Å²) < 4.78 is 0. The molecule has 1 spiro atoms. The van der Waals surface area contributed by atoms with Gasteiger partial charge in [0, 0.05) is 10.9 Å². The van der Waals surface area contributed by atoms with Gasteiger partial charge in [-0.1, -0.05) is 54.1 Å². The Hall–Kier alpha value is -3.52. The predicted molar refractivity (Wildman–Crippen MR) is 118 cm³/mol. The zero-order valence-corrected chi connectivity index (χ0v) is 17.7. The summed E-state index contributed by atoms with van der Waals surface area (Å²) in [5.41, 5.74) is 3.68. The summed E-state index contributed by atoms with van der Waals surface area (Å²) in [6.07, 6.45) is 1.21. The molecule has 156 valence electrons. The van der Waals surface area contributed by atoms with Crippen LogP contribution in [0.15, 0.2) is 53.9 Å². The molecule has 3 aromatic rings. The summed E-state index contributed by atoms with van der Waals surface area (Å²) in [4.78, 5) is 43.7. The topological polar surface area (TPSA) is 91.4 Å². The summed E-state index contributed by atoms with van der Waals surface area (Å²) in [7, 11) is 0. The third kappa shape index (κ3) is 3.29. The van der Waals surface area contributed by atoms with Crippen molar-refractivity contribution < 1.29 is 14.4 Å². The third-order valence-electron chi connectivity index (χ3n) is 5.82. The molecule has 1 atom stereocenters. The Bertz CT molecular complexity index is 1200. The number of aryl methyl sites for hydroxylation is 2.